The number of H-pyrrole nitrogens is 1. The third-order valence-electron chi connectivity index (χ3n) is 7.45. The van der Waals surface area contributed by atoms with Crippen molar-refractivity contribution in [1.82, 2.24) is 39.9 Å². The molecule has 0 bridgehead atoms. The van der Waals surface area contributed by atoms with Gasteiger partial charge >= 0.3 is 6.18 Å². The smallest absolute Gasteiger partial charge is 0.433 e. The first-order valence-electron chi connectivity index (χ1n) is 14.2. The van der Waals surface area contributed by atoms with Crippen LogP contribution in [0.1, 0.15) is 43.9 Å². The number of aromatic amines is 1. The second-order valence-corrected chi connectivity index (χ2v) is 10.8. The van der Waals surface area contributed by atoms with Gasteiger partial charge in [0.2, 0.25) is 5.88 Å². The van der Waals surface area contributed by atoms with Crippen molar-refractivity contribution in [2.75, 3.05) is 19.6 Å². The molecule has 14 heteroatoms. The molecule has 0 spiro atoms. The highest BCUT2D eigenvalue weighted by atomic mass is 19.4. The number of aliphatic hydroxyl groups is 1. The highest BCUT2D eigenvalue weighted by Gasteiger charge is 2.34. The number of pyridine rings is 1. The van der Waals surface area contributed by atoms with Crippen LogP contribution in [0.3, 0.4) is 0 Å². The van der Waals surface area contributed by atoms with Gasteiger partial charge in [0, 0.05) is 68.1 Å². The topological polar surface area (TPSA) is 141 Å². The van der Waals surface area contributed by atoms with Gasteiger partial charge in [-0.25, -0.2) is 15.0 Å². The summed E-state index contributed by atoms with van der Waals surface area (Å²) >= 11 is 0. The number of rotatable bonds is 12. The Hall–Kier alpha value is -4.06. The van der Waals surface area contributed by atoms with Gasteiger partial charge in [0.15, 0.2) is 0 Å². The predicted molar refractivity (Wildman–Crippen MR) is 152 cm³/mol. The largest absolute Gasteiger partial charge is 0.474 e. The molecule has 43 heavy (non-hydrogen) atoms. The van der Waals surface area contributed by atoms with Gasteiger partial charge in [-0.05, 0) is 43.9 Å². The number of likely N-dealkylation sites (tertiary alicyclic amines) is 1. The molecule has 0 saturated carbocycles. The third-order valence-corrected chi connectivity index (χ3v) is 7.45. The van der Waals surface area contributed by atoms with Crippen LogP contribution in [0.2, 0.25) is 0 Å². The molecule has 2 atom stereocenters. The summed E-state index contributed by atoms with van der Waals surface area (Å²) in [5.41, 5.74) is 1.77. The SMILES string of the molecule is C[C@@H](O)CNCc1cc(OC2CCN([C@@H](CCC#N)Cn3cc(-c4ncnc5[nH]ccc45)cn3)CC2)nc(C(F)(F)F)c1. The molecule has 1 fully saturated rings. The summed E-state index contributed by atoms with van der Waals surface area (Å²) in [6.45, 7) is 3.89. The second-order valence-electron chi connectivity index (χ2n) is 10.8. The van der Waals surface area contributed by atoms with Crippen LogP contribution >= 0.6 is 0 Å². The molecule has 3 N–H and O–H groups in total. The zero-order valence-electron chi connectivity index (χ0n) is 23.8. The van der Waals surface area contributed by atoms with Gasteiger partial charge in [-0.1, -0.05) is 0 Å². The monoisotopic (exact) mass is 597 g/mol. The van der Waals surface area contributed by atoms with Gasteiger partial charge in [0.1, 0.15) is 23.8 Å². The van der Waals surface area contributed by atoms with E-state index in [9.17, 15) is 23.5 Å². The predicted octanol–water partition coefficient (Wildman–Crippen LogP) is 3.92. The van der Waals surface area contributed by atoms with Crippen LogP contribution in [-0.2, 0) is 19.3 Å². The Kier molecular flexibility index (Phi) is 9.54. The zero-order chi connectivity index (χ0) is 30.4. The van der Waals surface area contributed by atoms with E-state index in [1.807, 2.05) is 23.1 Å². The van der Waals surface area contributed by atoms with Crippen LogP contribution in [0.4, 0.5) is 13.2 Å². The van der Waals surface area contributed by atoms with E-state index in [1.165, 1.54) is 12.4 Å². The number of nitrogens with one attached hydrogen (secondary N) is 2. The number of piperidine rings is 1. The number of nitrogens with zero attached hydrogens (tertiary/aromatic N) is 7. The number of ether oxygens (including phenoxy) is 1. The molecule has 0 unspecified atom stereocenters. The van der Waals surface area contributed by atoms with Gasteiger partial charge in [0.05, 0.1) is 30.6 Å². The lowest BCUT2D eigenvalue weighted by molar-refractivity contribution is -0.141. The van der Waals surface area contributed by atoms with Crippen molar-refractivity contribution in [3.63, 3.8) is 0 Å². The molecule has 1 aliphatic heterocycles. The molecule has 0 aromatic carbocycles. The fourth-order valence-corrected chi connectivity index (χ4v) is 5.35. The Morgan fingerprint density at radius 1 is 1.26 bits per heavy atom. The van der Waals surface area contributed by atoms with Crippen LogP contribution in [0.5, 0.6) is 5.88 Å². The lowest BCUT2D eigenvalue weighted by atomic mass is 10.0. The van der Waals surface area contributed by atoms with Crippen molar-refractivity contribution in [3.8, 4) is 23.2 Å². The van der Waals surface area contributed by atoms with Gasteiger partial charge < -0.3 is 20.1 Å². The average Bonchev–Trinajstić information content (AvgIpc) is 3.65. The Morgan fingerprint density at radius 3 is 2.81 bits per heavy atom. The zero-order valence-corrected chi connectivity index (χ0v) is 23.8. The van der Waals surface area contributed by atoms with Crippen LogP contribution in [0.15, 0.2) is 43.1 Å². The van der Waals surface area contributed by atoms with E-state index >= 15 is 0 Å². The van der Waals surface area contributed by atoms with Gasteiger partial charge in [0.25, 0.3) is 0 Å². The van der Waals surface area contributed by atoms with Crippen LogP contribution < -0.4 is 10.1 Å². The molecule has 228 valence electrons. The minimum atomic E-state index is -4.61. The lowest BCUT2D eigenvalue weighted by Crippen LogP contribution is -2.46. The van der Waals surface area contributed by atoms with E-state index in [4.69, 9.17) is 4.74 Å². The normalized spacial score (nSPS) is 16.3. The van der Waals surface area contributed by atoms with Crippen molar-refractivity contribution in [1.29, 1.82) is 5.26 Å². The van der Waals surface area contributed by atoms with Gasteiger partial charge in [-0.15, -0.1) is 0 Å². The second kappa shape index (κ2) is 13.5. The quantitative estimate of drug-likeness (QED) is 0.222. The maximum absolute atomic E-state index is 13.5. The van der Waals surface area contributed by atoms with Crippen molar-refractivity contribution >= 4 is 11.0 Å². The molecule has 11 nitrogen and oxygen atoms in total. The van der Waals surface area contributed by atoms with Crippen molar-refractivity contribution in [3.05, 3.63) is 54.4 Å². The number of fused-ring (bicyclic) bond motifs is 1. The molecule has 0 aliphatic carbocycles. The summed E-state index contributed by atoms with van der Waals surface area (Å²) in [7, 11) is 0. The van der Waals surface area contributed by atoms with Crippen LogP contribution in [-0.4, -0.2) is 77.6 Å². The molecule has 1 saturated heterocycles. The van der Waals surface area contributed by atoms with Crippen LogP contribution in [0.25, 0.3) is 22.3 Å². The Morgan fingerprint density at radius 2 is 2.07 bits per heavy atom. The van der Waals surface area contributed by atoms with Crippen molar-refractivity contribution < 1.29 is 23.0 Å². The summed E-state index contributed by atoms with van der Waals surface area (Å²) in [6, 6.07) is 6.72. The van der Waals surface area contributed by atoms with E-state index < -0.39 is 18.0 Å². The number of nitriles is 1. The summed E-state index contributed by atoms with van der Waals surface area (Å²) in [6.07, 6.45) is 3.78. The van der Waals surface area contributed by atoms with Crippen LogP contribution in [0, 0.1) is 11.3 Å². The molecule has 0 radical (unpaired) electrons. The number of alkyl halides is 3. The molecule has 5 rings (SSSR count). The minimum absolute atomic E-state index is 0.0457. The van der Waals surface area contributed by atoms with E-state index in [0.717, 1.165) is 28.4 Å². The minimum Gasteiger partial charge on any atom is -0.474 e. The average molecular weight is 598 g/mol. The molecule has 4 aromatic rings. The van der Waals surface area contributed by atoms with E-state index in [2.05, 4.69) is 41.3 Å². The Labute approximate surface area is 246 Å². The first kappa shape index (κ1) is 30.4. The maximum atomic E-state index is 13.5. The fraction of sp³-hybridized carbons (Fsp3) is 0.483. The molecule has 4 aromatic heterocycles. The number of hydrogen-bond acceptors (Lipinski definition) is 9. The van der Waals surface area contributed by atoms with Gasteiger partial charge in [-0.2, -0.15) is 23.5 Å². The first-order chi connectivity index (χ1) is 20.7. The molecule has 0 amide bonds. The van der Waals surface area contributed by atoms with Crippen molar-refractivity contribution in [2.45, 2.75) is 70.1 Å². The summed E-state index contributed by atoms with van der Waals surface area (Å²) in [5, 5.41) is 27.1. The molecule has 5 heterocycles. The number of aromatic nitrogens is 6. The highest BCUT2D eigenvalue weighted by molar-refractivity contribution is 5.89. The number of hydrogen-bond donors (Lipinski definition) is 3. The Bertz CT molecular complexity index is 1540. The fourth-order valence-electron chi connectivity index (χ4n) is 5.35. The maximum Gasteiger partial charge on any atom is 0.433 e. The molecular weight excluding hydrogens is 563 g/mol. The Balaban J connectivity index is 1.22. The summed E-state index contributed by atoms with van der Waals surface area (Å²) < 4.78 is 48.4. The summed E-state index contributed by atoms with van der Waals surface area (Å²) in [4.78, 5) is 17.8. The highest BCUT2D eigenvalue weighted by Crippen LogP contribution is 2.31. The number of aliphatic hydroxyl groups excluding tert-OH is 1. The molecular formula is C29H34F3N9O2. The van der Waals surface area contributed by atoms with Crippen molar-refractivity contribution in [2.24, 2.45) is 0 Å². The van der Waals surface area contributed by atoms with E-state index in [1.54, 1.807) is 13.1 Å². The number of halogens is 3. The molecule has 1 aliphatic rings. The standard InChI is InChI=1S/C29H34F3N9O2/c1-19(42)13-34-14-20-11-25(29(30,31)32)39-26(12-20)43-23-5-9-40(10-6-23)22(3-2-7-33)17-41-16-21(15-38-41)27-24-4-8-35-28(24)37-18-36-27/h4,8,11-12,15-16,18-19,22-23,34,42H,2-3,5-6,9-10,13-14,17H2,1H3,(H,35,36,37)/t19-,22+/m1/s1. The van der Waals surface area contributed by atoms with Gasteiger partial charge in [-0.3, -0.25) is 9.58 Å². The first-order valence-corrected chi connectivity index (χ1v) is 14.2. The summed E-state index contributed by atoms with van der Waals surface area (Å²) in [5.74, 6) is -0.0616. The third kappa shape index (κ3) is 7.86. The lowest BCUT2D eigenvalue weighted by Gasteiger charge is -2.37. The van der Waals surface area contributed by atoms with E-state index in [-0.39, 0.29) is 31.1 Å². The van der Waals surface area contributed by atoms with E-state index in [0.29, 0.717) is 50.9 Å².